The van der Waals surface area contributed by atoms with Crippen molar-refractivity contribution in [2.45, 2.75) is 13.3 Å². The summed E-state index contributed by atoms with van der Waals surface area (Å²) >= 11 is 1.44. The number of carbonyl (C=O) groups excluding carboxylic acids is 1. The summed E-state index contributed by atoms with van der Waals surface area (Å²) in [7, 11) is 1.94. The van der Waals surface area contributed by atoms with Crippen LogP contribution in [0.1, 0.15) is 11.3 Å². The summed E-state index contributed by atoms with van der Waals surface area (Å²) in [5.41, 5.74) is 2.58. The van der Waals surface area contributed by atoms with Crippen LogP contribution in [-0.2, 0) is 23.0 Å². The monoisotopic (exact) mass is 473 g/mol. The molecule has 0 aliphatic rings. The van der Waals surface area contributed by atoms with Gasteiger partial charge in [0.05, 0.1) is 6.42 Å². The van der Waals surface area contributed by atoms with Crippen LogP contribution in [0.4, 0.5) is 5.69 Å². The van der Waals surface area contributed by atoms with Gasteiger partial charge in [0.2, 0.25) is 0 Å². The van der Waals surface area contributed by atoms with Crippen molar-refractivity contribution in [3.63, 3.8) is 0 Å². The Hall–Kier alpha value is -0.801. The first-order valence-corrected chi connectivity index (χ1v) is 7.19. The average Bonchev–Trinajstić information content (AvgIpc) is 2.79. The fourth-order valence-corrected chi connectivity index (χ4v) is 2.49. The van der Waals surface area contributed by atoms with E-state index in [1.165, 1.54) is 11.3 Å². The summed E-state index contributed by atoms with van der Waals surface area (Å²) < 4.78 is 6.86. The molecule has 0 aliphatic heterocycles. The third-order valence-corrected chi connectivity index (χ3v) is 3.88. The third kappa shape index (κ3) is 5.13. The maximum Gasteiger partial charge on any atom is 0.311 e. The van der Waals surface area contributed by atoms with Gasteiger partial charge >= 0.3 is 5.97 Å². The number of ether oxygens (including phenoxy) is 1. The predicted molar refractivity (Wildman–Crippen MR) is 82.0 cm³/mol. The van der Waals surface area contributed by atoms with Gasteiger partial charge in [-0.3, -0.25) is 4.79 Å². The molecule has 1 heterocycles. The second kappa shape index (κ2) is 9.36. The Morgan fingerprint density at radius 3 is 2.86 bits per heavy atom. The average molecular weight is 472 g/mol. The van der Waals surface area contributed by atoms with E-state index in [1.54, 1.807) is 0 Å². The molecule has 1 aromatic carbocycles. The standard InChI is InChI=1S/C16H15N2O2S.Yb/c1-4-9-20-15(19)10-13-7-5-6-8-14(13)17-16-18(3)12(2)11-21-16;/h1,5-8H,9-10H2,2-3H3;/q-1;. The van der Waals surface area contributed by atoms with Crippen LogP contribution < -0.4 is 4.80 Å². The van der Waals surface area contributed by atoms with E-state index in [-0.39, 0.29) is 65.9 Å². The summed E-state index contributed by atoms with van der Waals surface area (Å²) in [4.78, 5) is 17.1. The molecule has 0 aliphatic carbocycles. The number of rotatable bonds is 4. The summed E-state index contributed by atoms with van der Waals surface area (Å²) in [5.74, 6) is 1.92. The molecule has 0 bridgehead atoms. The molecule has 0 unspecified atom stereocenters. The molecule has 0 saturated carbocycles. The van der Waals surface area contributed by atoms with Gasteiger partial charge < -0.3 is 25.6 Å². The van der Waals surface area contributed by atoms with E-state index in [2.05, 4.69) is 16.3 Å². The molecular weight excluding hydrogens is 457 g/mol. The molecule has 0 spiro atoms. The quantitative estimate of drug-likeness (QED) is 0.389. The Balaban J connectivity index is 0.00000242. The first-order valence-electron chi connectivity index (χ1n) is 6.37. The van der Waals surface area contributed by atoms with E-state index < -0.39 is 0 Å². The number of aryl methyl sites for hydroxylation is 1. The van der Waals surface area contributed by atoms with Gasteiger partial charge in [0, 0.05) is 57.4 Å². The van der Waals surface area contributed by atoms with Crippen LogP contribution >= 0.6 is 11.3 Å². The number of esters is 1. The predicted octanol–water partition coefficient (Wildman–Crippen LogP) is 2.15. The SMILES string of the molecule is C#CCOC(=O)Cc1ccccc1N=c1s[c-]c(C)n1C.[Yb]. The van der Waals surface area contributed by atoms with Crippen molar-refractivity contribution in [1.29, 1.82) is 0 Å². The van der Waals surface area contributed by atoms with Gasteiger partial charge in [0.1, 0.15) is 0 Å². The van der Waals surface area contributed by atoms with Crippen LogP contribution in [0.3, 0.4) is 0 Å². The van der Waals surface area contributed by atoms with E-state index >= 15 is 0 Å². The van der Waals surface area contributed by atoms with Gasteiger partial charge in [-0.25, -0.2) is 0 Å². The molecule has 4 nitrogen and oxygen atoms in total. The van der Waals surface area contributed by atoms with Crippen molar-refractivity contribution in [2.24, 2.45) is 12.0 Å². The van der Waals surface area contributed by atoms with E-state index in [4.69, 9.17) is 11.2 Å². The topological polar surface area (TPSA) is 43.6 Å². The van der Waals surface area contributed by atoms with Crippen LogP contribution in [-0.4, -0.2) is 17.1 Å². The second-order valence-electron chi connectivity index (χ2n) is 4.41. The largest absolute Gasteiger partial charge is 0.452 e. The molecule has 0 saturated heterocycles. The van der Waals surface area contributed by atoms with Gasteiger partial charge in [-0.1, -0.05) is 29.8 Å². The number of nitrogens with zero attached hydrogens (tertiary/aromatic N) is 2. The van der Waals surface area contributed by atoms with Crippen LogP contribution in [0.5, 0.6) is 0 Å². The van der Waals surface area contributed by atoms with Crippen molar-refractivity contribution < 1.29 is 56.5 Å². The number of hydrogen-bond donors (Lipinski definition) is 0. The Labute approximate surface area is 172 Å². The molecule has 22 heavy (non-hydrogen) atoms. The first-order chi connectivity index (χ1) is 10.1. The maximum atomic E-state index is 11.7. The number of hydrogen-bond acceptors (Lipinski definition) is 4. The van der Waals surface area contributed by atoms with Crippen molar-refractivity contribution in [1.82, 2.24) is 4.57 Å². The molecule has 2 aromatic rings. The molecule has 0 atom stereocenters. The van der Waals surface area contributed by atoms with Crippen LogP contribution in [0.15, 0.2) is 29.3 Å². The summed E-state index contributed by atoms with van der Waals surface area (Å²) in [6.07, 6.45) is 5.22. The van der Waals surface area contributed by atoms with E-state index in [0.717, 1.165) is 21.7 Å². The zero-order valence-electron chi connectivity index (χ0n) is 12.2. The molecule has 6 heteroatoms. The van der Waals surface area contributed by atoms with Gasteiger partial charge in [-0.15, -0.1) is 6.42 Å². The molecule has 1 aromatic heterocycles. The van der Waals surface area contributed by atoms with Gasteiger partial charge in [0.15, 0.2) is 6.61 Å². The molecule has 122 valence electrons. The van der Waals surface area contributed by atoms with Gasteiger partial charge in [-0.2, -0.15) is 5.38 Å². The number of aromatic nitrogens is 1. The third-order valence-electron chi connectivity index (χ3n) is 2.94. The molecule has 0 N–H and O–H groups in total. The molecule has 0 radical (unpaired) electrons. The molecule has 2 rings (SSSR count). The zero-order valence-corrected chi connectivity index (χ0v) is 14.7. The molecular formula is C16H15N2O2SYb-. The minimum absolute atomic E-state index is 0. The minimum Gasteiger partial charge on any atom is -0.452 e. The summed E-state index contributed by atoms with van der Waals surface area (Å²) in [6.45, 7) is 1.96. The second-order valence-corrected chi connectivity index (χ2v) is 5.19. The number of terminal acetylenes is 1. The van der Waals surface area contributed by atoms with Crippen molar-refractivity contribution in [3.05, 3.63) is 45.7 Å². The normalized spacial score (nSPS) is 10.7. The summed E-state index contributed by atoms with van der Waals surface area (Å²) in [6, 6.07) is 7.49. The Morgan fingerprint density at radius 1 is 1.50 bits per heavy atom. The van der Waals surface area contributed by atoms with Crippen molar-refractivity contribution in [2.75, 3.05) is 6.61 Å². The number of carbonyl (C=O) groups is 1. The first kappa shape index (κ1) is 19.2. The Morgan fingerprint density at radius 2 is 2.23 bits per heavy atom. The minimum atomic E-state index is -0.353. The Kier molecular flexibility index (Phi) is 8.19. The van der Waals surface area contributed by atoms with Crippen LogP contribution in [0.25, 0.3) is 0 Å². The van der Waals surface area contributed by atoms with E-state index in [9.17, 15) is 4.79 Å². The van der Waals surface area contributed by atoms with Gasteiger partial charge in [-0.05, 0) is 25.6 Å². The van der Waals surface area contributed by atoms with Crippen LogP contribution in [0.2, 0.25) is 0 Å². The van der Waals surface area contributed by atoms with Gasteiger partial charge in [0.25, 0.3) is 0 Å². The number of benzene rings is 1. The fourth-order valence-electron chi connectivity index (χ4n) is 1.70. The van der Waals surface area contributed by atoms with E-state index in [0.29, 0.717) is 0 Å². The van der Waals surface area contributed by atoms with Crippen molar-refractivity contribution >= 4 is 23.0 Å². The molecule has 0 amide bonds. The fraction of sp³-hybridized carbons (Fsp3) is 0.250. The van der Waals surface area contributed by atoms with Crippen molar-refractivity contribution in [3.8, 4) is 12.3 Å². The smallest absolute Gasteiger partial charge is 0.311 e. The zero-order chi connectivity index (χ0) is 15.2. The maximum absolute atomic E-state index is 11.7. The number of thiazole rings is 1. The molecule has 0 fully saturated rings. The number of para-hydroxylation sites is 1. The van der Waals surface area contributed by atoms with E-state index in [1.807, 2.05) is 42.8 Å². The Bertz CT molecular complexity index is 756. The van der Waals surface area contributed by atoms with Crippen LogP contribution in [0, 0.1) is 71.6 Å². The summed E-state index contributed by atoms with van der Waals surface area (Å²) in [5, 5.41) is 3.14.